The summed E-state index contributed by atoms with van der Waals surface area (Å²) in [6.07, 6.45) is 4.50. The number of benzene rings is 1. The SMILES string of the molecule is NCCCOC1CCN(C(=O)c2cnc(-c3ccc4c(c3)OCO4)s2)CC1. The molecule has 8 heteroatoms. The highest BCUT2D eigenvalue weighted by Crippen LogP contribution is 2.37. The molecule has 4 rings (SSSR count). The van der Waals surface area contributed by atoms with Gasteiger partial charge in [-0.3, -0.25) is 4.79 Å². The van der Waals surface area contributed by atoms with Gasteiger partial charge < -0.3 is 24.8 Å². The fraction of sp³-hybridized carbons (Fsp3) is 0.474. The monoisotopic (exact) mass is 389 g/mol. The molecule has 1 fully saturated rings. The summed E-state index contributed by atoms with van der Waals surface area (Å²) in [6.45, 7) is 3.01. The second-order valence-electron chi connectivity index (χ2n) is 6.60. The third-order valence-electron chi connectivity index (χ3n) is 4.77. The number of nitrogens with zero attached hydrogens (tertiary/aromatic N) is 2. The molecule has 144 valence electrons. The number of aromatic nitrogens is 1. The van der Waals surface area contributed by atoms with Crippen LogP contribution in [0.2, 0.25) is 0 Å². The molecular formula is C19H23N3O4S. The summed E-state index contributed by atoms with van der Waals surface area (Å²) >= 11 is 1.41. The van der Waals surface area contributed by atoms with E-state index in [-0.39, 0.29) is 18.8 Å². The van der Waals surface area contributed by atoms with Gasteiger partial charge in [-0.15, -0.1) is 11.3 Å². The van der Waals surface area contributed by atoms with E-state index < -0.39 is 0 Å². The molecule has 2 aromatic rings. The molecule has 2 aliphatic rings. The molecule has 2 aliphatic heterocycles. The molecular weight excluding hydrogens is 366 g/mol. The first-order chi connectivity index (χ1) is 13.2. The van der Waals surface area contributed by atoms with Crippen LogP contribution in [0.25, 0.3) is 10.6 Å². The summed E-state index contributed by atoms with van der Waals surface area (Å²) in [5.74, 6) is 1.50. The Hall–Kier alpha value is -2.16. The Bertz CT molecular complexity index is 802. The lowest BCUT2D eigenvalue weighted by atomic mass is 10.1. The van der Waals surface area contributed by atoms with Gasteiger partial charge in [-0.25, -0.2) is 4.98 Å². The molecule has 1 aromatic carbocycles. The highest BCUT2D eigenvalue weighted by molar-refractivity contribution is 7.16. The van der Waals surface area contributed by atoms with E-state index in [0.717, 1.165) is 35.6 Å². The Morgan fingerprint density at radius 1 is 1.30 bits per heavy atom. The maximum atomic E-state index is 12.8. The van der Waals surface area contributed by atoms with Crippen molar-refractivity contribution in [2.24, 2.45) is 5.73 Å². The summed E-state index contributed by atoms with van der Waals surface area (Å²) in [5, 5.41) is 0.802. The molecule has 1 saturated heterocycles. The van der Waals surface area contributed by atoms with E-state index in [9.17, 15) is 4.79 Å². The lowest BCUT2D eigenvalue weighted by Gasteiger charge is -2.31. The van der Waals surface area contributed by atoms with E-state index in [1.807, 2.05) is 23.1 Å². The Morgan fingerprint density at radius 3 is 2.93 bits per heavy atom. The number of nitrogens with two attached hydrogens (primary N) is 1. The van der Waals surface area contributed by atoms with Crippen molar-refractivity contribution in [1.82, 2.24) is 9.88 Å². The van der Waals surface area contributed by atoms with E-state index in [0.29, 0.717) is 36.9 Å². The van der Waals surface area contributed by atoms with Gasteiger partial charge in [0.2, 0.25) is 6.79 Å². The van der Waals surface area contributed by atoms with Crippen LogP contribution >= 0.6 is 11.3 Å². The Balaban J connectivity index is 1.37. The zero-order chi connectivity index (χ0) is 18.6. The smallest absolute Gasteiger partial charge is 0.265 e. The molecule has 27 heavy (non-hydrogen) atoms. The minimum atomic E-state index is 0.0416. The van der Waals surface area contributed by atoms with Gasteiger partial charge >= 0.3 is 0 Å². The van der Waals surface area contributed by atoms with E-state index >= 15 is 0 Å². The number of amides is 1. The van der Waals surface area contributed by atoms with Crippen LogP contribution in [0.3, 0.4) is 0 Å². The van der Waals surface area contributed by atoms with Crippen LogP contribution in [-0.2, 0) is 4.74 Å². The fourth-order valence-electron chi connectivity index (χ4n) is 3.25. The number of thiazole rings is 1. The maximum Gasteiger partial charge on any atom is 0.265 e. The van der Waals surface area contributed by atoms with Gasteiger partial charge in [0.05, 0.1) is 12.3 Å². The number of ether oxygens (including phenoxy) is 3. The molecule has 1 amide bonds. The molecule has 0 unspecified atom stereocenters. The van der Waals surface area contributed by atoms with Crippen LogP contribution in [0, 0.1) is 0 Å². The number of hydrogen-bond acceptors (Lipinski definition) is 7. The van der Waals surface area contributed by atoms with E-state index in [1.165, 1.54) is 11.3 Å². The molecule has 7 nitrogen and oxygen atoms in total. The largest absolute Gasteiger partial charge is 0.454 e. The predicted octanol–water partition coefficient (Wildman–Crippen LogP) is 2.51. The van der Waals surface area contributed by atoms with Crippen molar-refractivity contribution in [2.75, 3.05) is 33.0 Å². The molecule has 0 atom stereocenters. The van der Waals surface area contributed by atoms with Crippen molar-refractivity contribution in [3.8, 4) is 22.1 Å². The van der Waals surface area contributed by atoms with E-state index in [4.69, 9.17) is 19.9 Å². The molecule has 0 spiro atoms. The van der Waals surface area contributed by atoms with Crippen LogP contribution in [0.5, 0.6) is 11.5 Å². The van der Waals surface area contributed by atoms with Crippen LogP contribution in [0.1, 0.15) is 28.9 Å². The molecule has 1 aromatic heterocycles. The van der Waals surface area contributed by atoms with Crippen molar-refractivity contribution < 1.29 is 19.0 Å². The van der Waals surface area contributed by atoms with Crippen LogP contribution in [-0.4, -0.2) is 54.9 Å². The number of rotatable bonds is 6. The Morgan fingerprint density at radius 2 is 2.11 bits per heavy atom. The fourth-order valence-corrected chi connectivity index (χ4v) is 4.13. The maximum absolute atomic E-state index is 12.8. The van der Waals surface area contributed by atoms with Gasteiger partial charge in [-0.05, 0) is 44.0 Å². The van der Waals surface area contributed by atoms with E-state index in [1.54, 1.807) is 6.20 Å². The highest BCUT2D eigenvalue weighted by Gasteiger charge is 2.25. The second-order valence-corrected chi connectivity index (χ2v) is 7.63. The topological polar surface area (TPSA) is 86.9 Å². The minimum Gasteiger partial charge on any atom is -0.454 e. The Labute approximate surface area is 162 Å². The van der Waals surface area contributed by atoms with Crippen molar-refractivity contribution in [3.05, 3.63) is 29.3 Å². The molecule has 3 heterocycles. The van der Waals surface area contributed by atoms with Crippen LogP contribution in [0.15, 0.2) is 24.4 Å². The summed E-state index contributed by atoms with van der Waals surface area (Å²) in [7, 11) is 0. The average Bonchev–Trinajstić information content (AvgIpc) is 3.37. The third kappa shape index (κ3) is 4.07. The highest BCUT2D eigenvalue weighted by atomic mass is 32.1. The van der Waals surface area contributed by atoms with Gasteiger partial charge in [0.1, 0.15) is 9.88 Å². The molecule has 0 radical (unpaired) electrons. The average molecular weight is 389 g/mol. The molecule has 2 N–H and O–H groups in total. The predicted molar refractivity (Wildman–Crippen MR) is 102 cm³/mol. The number of carbonyl (C=O) groups is 1. The number of hydrogen-bond donors (Lipinski definition) is 1. The van der Waals surface area contributed by atoms with Crippen molar-refractivity contribution in [1.29, 1.82) is 0 Å². The summed E-state index contributed by atoms with van der Waals surface area (Å²) in [4.78, 5) is 19.8. The second kappa shape index (κ2) is 8.24. The molecule has 0 saturated carbocycles. The van der Waals surface area contributed by atoms with Gasteiger partial charge in [-0.1, -0.05) is 0 Å². The van der Waals surface area contributed by atoms with Gasteiger partial charge in [0.15, 0.2) is 11.5 Å². The molecule has 0 bridgehead atoms. The zero-order valence-electron chi connectivity index (χ0n) is 15.1. The van der Waals surface area contributed by atoms with E-state index in [2.05, 4.69) is 4.98 Å². The lowest BCUT2D eigenvalue weighted by Crippen LogP contribution is -2.40. The van der Waals surface area contributed by atoms with Crippen molar-refractivity contribution in [3.63, 3.8) is 0 Å². The first-order valence-corrected chi connectivity index (χ1v) is 10.0. The van der Waals surface area contributed by atoms with Crippen molar-refractivity contribution >= 4 is 17.2 Å². The van der Waals surface area contributed by atoms with Crippen LogP contribution in [0.4, 0.5) is 0 Å². The first kappa shape index (κ1) is 18.2. The van der Waals surface area contributed by atoms with Gasteiger partial charge in [0.25, 0.3) is 5.91 Å². The Kier molecular flexibility index (Phi) is 5.56. The minimum absolute atomic E-state index is 0.0416. The summed E-state index contributed by atoms with van der Waals surface area (Å²) in [5.41, 5.74) is 6.42. The lowest BCUT2D eigenvalue weighted by molar-refractivity contribution is 0.00857. The zero-order valence-corrected chi connectivity index (χ0v) is 15.9. The van der Waals surface area contributed by atoms with Crippen molar-refractivity contribution in [2.45, 2.75) is 25.4 Å². The molecule has 0 aliphatic carbocycles. The van der Waals surface area contributed by atoms with Gasteiger partial charge in [-0.2, -0.15) is 0 Å². The summed E-state index contributed by atoms with van der Waals surface area (Å²) in [6, 6.07) is 5.71. The summed E-state index contributed by atoms with van der Waals surface area (Å²) < 4.78 is 16.6. The van der Waals surface area contributed by atoms with Gasteiger partial charge in [0, 0.05) is 25.3 Å². The number of fused-ring (bicyclic) bond motifs is 1. The normalized spacial score (nSPS) is 16.7. The number of carbonyl (C=O) groups excluding carboxylic acids is 1. The number of piperidine rings is 1. The quantitative estimate of drug-likeness (QED) is 0.764. The third-order valence-corrected chi connectivity index (χ3v) is 5.80. The standard InChI is InChI=1S/C19H23N3O4S/c20-6-1-9-24-14-4-7-22(8-5-14)19(23)17-11-21-18(27-17)13-2-3-15-16(10-13)26-12-25-15/h2-3,10-11,14H,1,4-9,12,20H2. The van der Waals surface area contributed by atoms with Crippen LogP contribution < -0.4 is 15.2 Å². The number of likely N-dealkylation sites (tertiary alicyclic amines) is 1. The first-order valence-electron chi connectivity index (χ1n) is 9.21.